The number of nitrogens with two attached hydrogens (primary N) is 1. The molecule has 0 aliphatic carbocycles. The zero-order chi connectivity index (χ0) is 64.9. The van der Waals surface area contributed by atoms with Crippen LogP contribution in [-0.4, -0.2) is 79.3 Å². The van der Waals surface area contributed by atoms with Crippen LogP contribution in [0.2, 0.25) is 0 Å². The third kappa shape index (κ3) is 18.6. The third-order valence-corrected chi connectivity index (χ3v) is 24.2. The lowest BCUT2D eigenvalue weighted by Gasteiger charge is -2.12. The molecule has 2 aliphatic heterocycles. The van der Waals surface area contributed by atoms with Crippen LogP contribution >= 0.6 is 70.6 Å². The van der Waals surface area contributed by atoms with Gasteiger partial charge < -0.3 is 20.4 Å². The van der Waals surface area contributed by atoms with Crippen LogP contribution in [0, 0.1) is 10.1 Å². The maximum absolute atomic E-state index is 12.1. The first kappa shape index (κ1) is 70.4. The number of nitrogens with zero attached hydrogens (tertiary/aromatic N) is 7. The zero-order valence-electron chi connectivity index (χ0n) is 55.5. The van der Waals surface area contributed by atoms with E-state index in [0.717, 1.165) is 105 Å². The number of hydrogen-bond acceptors (Lipinski definition) is 16. The van der Waals surface area contributed by atoms with Crippen molar-refractivity contribution in [1.29, 1.82) is 0 Å². The van der Waals surface area contributed by atoms with Gasteiger partial charge in [0, 0.05) is 73.2 Å². The monoisotopic (exact) mass is 1360 g/mol. The van der Waals surface area contributed by atoms with E-state index < -0.39 is 4.92 Å². The van der Waals surface area contributed by atoms with E-state index in [2.05, 4.69) is 87.9 Å². The standard InChI is InChI=1S/C74H94N10O3S6/c1-7-13-19-25-35-88-61-43-53-54(44-62(61)89-36-26-20-14-8-2)71-79-69(53)77-67-51-33-31-49(87-50-32-34-59(75)60(42-50)84(85)86)41-52(51)68(76-67)78-70-55-45-63(90-37-27-21-15-9-3)64(91-38-28-22-16-10-4)46-56(55)72(80-70)82-74-58-48-66(93-40-30-24-18-12-6)65(92-39-29-23-17-11-5)47-57(58)73(81-71)83-74/h31-34,41-48H,7-30,35-40,75H2,1-6H3,(H2,76,77,78,79,80,81,82,83). The first-order valence-electron chi connectivity index (χ1n) is 34.6. The number of nitro benzene ring substituents is 1. The van der Waals surface area contributed by atoms with Gasteiger partial charge in [-0.25, -0.2) is 29.9 Å². The molecule has 3 aromatic heterocycles. The van der Waals surface area contributed by atoms with Gasteiger partial charge in [0.1, 0.15) is 39.8 Å². The van der Waals surface area contributed by atoms with Gasteiger partial charge in [0.15, 0.2) is 23.3 Å². The Morgan fingerprint density at radius 2 is 0.656 bits per heavy atom. The van der Waals surface area contributed by atoms with Gasteiger partial charge in [-0.15, -0.1) is 70.6 Å². The van der Waals surface area contributed by atoms with Crippen LogP contribution in [0.3, 0.4) is 0 Å². The predicted molar refractivity (Wildman–Crippen MR) is 403 cm³/mol. The number of nitrogen functional groups attached to an aromatic ring is 1. The number of hydrogen-bond donors (Lipinski definition) is 3. The Bertz CT molecular complexity index is 4000. The lowest BCUT2D eigenvalue weighted by atomic mass is 10.1. The molecule has 93 heavy (non-hydrogen) atoms. The fourth-order valence-electron chi connectivity index (χ4n) is 11.7. The zero-order valence-corrected chi connectivity index (χ0v) is 60.4. The summed E-state index contributed by atoms with van der Waals surface area (Å²) >= 11 is 11.7. The Labute approximate surface area is 576 Å². The van der Waals surface area contributed by atoms with Gasteiger partial charge in [0.25, 0.3) is 5.69 Å². The Kier molecular flexibility index (Phi) is 27.3. The maximum Gasteiger partial charge on any atom is 0.295 e. The number of aromatic amines is 2. The molecular formula is C74H94N10O3S6. The molecule has 4 N–H and O–H groups in total. The van der Waals surface area contributed by atoms with Crippen LogP contribution in [0.1, 0.15) is 196 Å². The van der Waals surface area contributed by atoms with Crippen molar-refractivity contribution in [3.8, 4) is 57.1 Å². The number of rotatable bonds is 39. The Hall–Kier alpha value is -5.44. The predicted octanol–water partition coefficient (Wildman–Crippen LogP) is 24.2. The van der Waals surface area contributed by atoms with Crippen LogP contribution < -0.4 is 10.5 Å². The highest BCUT2D eigenvalue weighted by Gasteiger charge is 2.27. The summed E-state index contributed by atoms with van der Waals surface area (Å²) in [6, 6.07) is 24.3. The van der Waals surface area contributed by atoms with Gasteiger partial charge in [0.05, 0.1) is 11.0 Å². The summed E-state index contributed by atoms with van der Waals surface area (Å²) in [4.78, 5) is 60.1. The van der Waals surface area contributed by atoms with Gasteiger partial charge >= 0.3 is 0 Å². The first-order valence-corrected chi connectivity index (χ1v) is 40.5. The highest BCUT2D eigenvalue weighted by atomic mass is 32.2. The SMILES string of the molecule is CCCCCCSc1cc2c(cc1SCCCCCC)-c1nc-2nc2[nH]c(nc3nc(nc4[nH]c(n1)c1cc(SCCCCCC)c(SCCCCCC)cc41)-c1cc(Oc4ccc(N)c([N+](=O)[O-])c4)ccc1-3)c1cc(SCCCCCC)c(SCCCCCC)cc21. The largest absolute Gasteiger partial charge is 0.457 e. The van der Waals surface area contributed by atoms with E-state index >= 15 is 0 Å². The van der Waals surface area contributed by atoms with Crippen molar-refractivity contribution in [3.05, 3.63) is 82.9 Å². The molecule has 0 atom stereocenters. The Balaban J connectivity index is 1.26. The minimum Gasteiger partial charge on any atom is -0.457 e. The van der Waals surface area contributed by atoms with E-state index in [1.54, 1.807) is 6.07 Å². The quantitative estimate of drug-likeness (QED) is 0.0108. The number of unbranched alkanes of at least 4 members (excludes halogenated alkanes) is 18. The molecule has 19 heteroatoms. The summed E-state index contributed by atoms with van der Waals surface area (Å²) in [5.74, 6) is 9.06. The van der Waals surface area contributed by atoms with Crippen molar-refractivity contribution in [2.45, 2.75) is 225 Å². The molecule has 2 aliphatic rings. The van der Waals surface area contributed by atoms with E-state index in [4.69, 9.17) is 40.4 Å². The second-order valence-electron chi connectivity index (χ2n) is 24.4. The molecule has 8 aromatic rings. The number of fused-ring (bicyclic) bond motifs is 20. The van der Waals surface area contributed by atoms with E-state index in [9.17, 15) is 10.1 Å². The molecule has 0 radical (unpaired) electrons. The summed E-state index contributed by atoms with van der Waals surface area (Å²) in [5.41, 5.74) is 11.9. The molecule has 5 aromatic carbocycles. The number of H-pyrrole nitrogens is 2. The average Bonchev–Trinajstić information content (AvgIpc) is 1.61. The highest BCUT2D eigenvalue weighted by Crippen LogP contribution is 2.46. The van der Waals surface area contributed by atoms with Crippen molar-refractivity contribution in [3.63, 3.8) is 0 Å². The number of ether oxygens (including phenoxy) is 1. The molecular weight excluding hydrogens is 1270 g/mol. The molecule has 8 bridgehead atoms. The van der Waals surface area contributed by atoms with Gasteiger partial charge in [-0.2, -0.15) is 0 Å². The first-order chi connectivity index (χ1) is 45.6. The molecule has 5 heterocycles. The van der Waals surface area contributed by atoms with Gasteiger partial charge in [0.2, 0.25) is 0 Å². The second kappa shape index (κ2) is 36.1. The van der Waals surface area contributed by atoms with Gasteiger partial charge in [-0.3, -0.25) is 10.1 Å². The minimum absolute atomic E-state index is 0.0602. The van der Waals surface area contributed by atoms with Crippen molar-refractivity contribution in [2.75, 3.05) is 40.3 Å². The van der Waals surface area contributed by atoms with E-state index in [-0.39, 0.29) is 17.1 Å². The molecule has 10 rings (SSSR count). The van der Waals surface area contributed by atoms with Crippen molar-refractivity contribution in [1.82, 2.24) is 39.9 Å². The second-order valence-corrected chi connectivity index (χ2v) is 31.2. The summed E-state index contributed by atoms with van der Waals surface area (Å²) < 4.78 is 6.44. The number of nitrogens with one attached hydrogen (secondary N) is 2. The smallest absolute Gasteiger partial charge is 0.295 e. The van der Waals surface area contributed by atoms with Crippen molar-refractivity contribution in [2.24, 2.45) is 0 Å². The minimum atomic E-state index is -0.494. The molecule has 0 saturated heterocycles. The van der Waals surface area contributed by atoms with Crippen LogP contribution in [0.15, 0.2) is 102 Å². The lowest BCUT2D eigenvalue weighted by Crippen LogP contribution is -1.96. The topological polar surface area (TPSA) is 187 Å². The van der Waals surface area contributed by atoms with E-state index in [0.29, 0.717) is 57.2 Å². The van der Waals surface area contributed by atoms with Crippen LogP contribution in [0.4, 0.5) is 11.4 Å². The Morgan fingerprint density at radius 1 is 0.366 bits per heavy atom. The van der Waals surface area contributed by atoms with Crippen molar-refractivity contribution >= 4 is 126 Å². The molecule has 13 nitrogen and oxygen atoms in total. The molecule has 0 amide bonds. The average molecular weight is 1360 g/mol. The van der Waals surface area contributed by atoms with E-state index in [1.165, 1.54) is 164 Å². The molecule has 0 fully saturated rings. The Morgan fingerprint density at radius 3 is 0.978 bits per heavy atom. The summed E-state index contributed by atoms with van der Waals surface area (Å²) in [7, 11) is 0. The van der Waals surface area contributed by atoms with Gasteiger partial charge in [-0.05, 0) is 140 Å². The maximum atomic E-state index is 12.1. The highest BCUT2D eigenvalue weighted by molar-refractivity contribution is 8.03. The fourth-order valence-corrected chi connectivity index (χ4v) is 18.6. The third-order valence-electron chi connectivity index (χ3n) is 17.0. The number of anilines is 1. The van der Waals surface area contributed by atoms with Crippen LogP contribution in [0.25, 0.3) is 89.7 Å². The molecule has 0 unspecified atom stereocenters. The normalized spacial score (nSPS) is 11.9. The summed E-state index contributed by atoms with van der Waals surface area (Å²) in [6.07, 6.45) is 28.8. The lowest BCUT2D eigenvalue weighted by molar-refractivity contribution is -0.384. The summed E-state index contributed by atoms with van der Waals surface area (Å²) in [5, 5.41) is 15.9. The molecule has 0 saturated carbocycles. The number of nitro groups is 1. The van der Waals surface area contributed by atoms with Crippen molar-refractivity contribution < 1.29 is 9.66 Å². The number of thioether (sulfide) groups is 6. The van der Waals surface area contributed by atoms with Gasteiger partial charge in [-0.1, -0.05) is 157 Å². The number of aromatic nitrogens is 8. The van der Waals surface area contributed by atoms with Crippen LogP contribution in [-0.2, 0) is 0 Å². The molecule has 494 valence electrons. The number of benzene rings is 5. The summed E-state index contributed by atoms with van der Waals surface area (Å²) in [6.45, 7) is 13.6. The molecule has 0 spiro atoms. The fraction of sp³-hybridized carbons (Fsp3) is 0.486. The van der Waals surface area contributed by atoms with Crippen LogP contribution in [0.5, 0.6) is 11.5 Å². The van der Waals surface area contributed by atoms with E-state index in [1.807, 2.05) is 88.8 Å².